The van der Waals surface area contributed by atoms with Gasteiger partial charge in [-0.15, -0.1) is 6.58 Å². The molecule has 1 aromatic heterocycles. The van der Waals surface area contributed by atoms with Crippen molar-refractivity contribution in [3.05, 3.63) is 76.6 Å². The summed E-state index contributed by atoms with van der Waals surface area (Å²) >= 11 is 0. The lowest BCUT2D eigenvalue weighted by atomic mass is 9.62. The number of hydrogen-bond donors (Lipinski definition) is 1. The van der Waals surface area contributed by atoms with E-state index in [1.165, 1.54) is 35.1 Å². The van der Waals surface area contributed by atoms with Crippen LogP contribution >= 0.6 is 0 Å². The molecule has 3 heteroatoms. The summed E-state index contributed by atoms with van der Waals surface area (Å²) in [4.78, 5) is 15.2. The van der Waals surface area contributed by atoms with Gasteiger partial charge in [-0.25, -0.2) is 9.78 Å². The van der Waals surface area contributed by atoms with Gasteiger partial charge in [0.25, 0.3) is 0 Å². The number of allylic oxidation sites excluding steroid dienone is 1. The molecule has 0 bridgehead atoms. The number of hydrogen-bond acceptors (Lipinski definition) is 2. The number of fused-ring (bicyclic) bond motifs is 1. The van der Waals surface area contributed by atoms with Gasteiger partial charge in [-0.05, 0) is 64.5 Å². The maximum Gasteiger partial charge on any atom is 0.354 e. The molecule has 3 rings (SSSR count). The van der Waals surface area contributed by atoms with Crippen molar-refractivity contribution < 1.29 is 9.90 Å². The van der Waals surface area contributed by atoms with Gasteiger partial charge in [-0.1, -0.05) is 52.0 Å². The van der Waals surface area contributed by atoms with Gasteiger partial charge >= 0.3 is 5.97 Å². The lowest BCUT2D eigenvalue weighted by Gasteiger charge is -2.42. The fourth-order valence-corrected chi connectivity index (χ4v) is 4.23. The van der Waals surface area contributed by atoms with Gasteiger partial charge in [0.1, 0.15) is 5.69 Å². The van der Waals surface area contributed by atoms with Gasteiger partial charge in [0.05, 0.1) is 0 Å². The Bertz CT molecular complexity index is 891. The van der Waals surface area contributed by atoms with Crippen LogP contribution in [0.5, 0.6) is 0 Å². The zero-order valence-electron chi connectivity index (χ0n) is 17.0. The third-order valence-electron chi connectivity index (χ3n) is 6.17. The largest absolute Gasteiger partial charge is 0.477 e. The van der Waals surface area contributed by atoms with Gasteiger partial charge in [0.15, 0.2) is 0 Å². The van der Waals surface area contributed by atoms with E-state index in [2.05, 4.69) is 58.3 Å². The average Bonchev–Trinajstić information content (AvgIpc) is 2.61. The van der Waals surface area contributed by atoms with Crippen molar-refractivity contribution in [3.63, 3.8) is 0 Å². The topological polar surface area (TPSA) is 50.2 Å². The van der Waals surface area contributed by atoms with Crippen LogP contribution in [0.2, 0.25) is 0 Å². The Morgan fingerprint density at radius 1 is 1.15 bits per heavy atom. The minimum Gasteiger partial charge on any atom is -0.477 e. The van der Waals surface area contributed by atoms with E-state index < -0.39 is 5.97 Å². The Balaban J connectivity index is 2.13. The standard InChI is InChI=1S/C24H29NO2/c1-7-17(16-8-9-21(22(26)27)25-14-16)18-13-20-19(12-15(18)2)23(3,4)10-11-24(20,5)6/h7-9,12-14,17H,1,10-11H2,2-6H3,(H,26,27). The number of carboxylic acids is 1. The summed E-state index contributed by atoms with van der Waals surface area (Å²) in [6, 6.07) is 8.11. The summed E-state index contributed by atoms with van der Waals surface area (Å²) in [5.74, 6) is -1.02. The second-order valence-electron chi connectivity index (χ2n) is 9.02. The fourth-order valence-electron chi connectivity index (χ4n) is 4.23. The number of carbonyl (C=O) groups is 1. The smallest absolute Gasteiger partial charge is 0.354 e. The molecule has 1 atom stereocenters. The van der Waals surface area contributed by atoms with Crippen LogP contribution in [0.15, 0.2) is 43.1 Å². The number of pyridine rings is 1. The fraction of sp³-hybridized carbons (Fsp3) is 0.417. The first-order chi connectivity index (χ1) is 12.6. The van der Waals surface area contributed by atoms with Crippen LogP contribution in [0, 0.1) is 6.92 Å². The normalized spacial score (nSPS) is 18.4. The van der Waals surface area contributed by atoms with Crippen molar-refractivity contribution in [2.75, 3.05) is 0 Å². The molecule has 0 amide bonds. The van der Waals surface area contributed by atoms with Crippen molar-refractivity contribution in [2.45, 2.75) is 64.2 Å². The van der Waals surface area contributed by atoms with Crippen LogP contribution < -0.4 is 0 Å². The van der Waals surface area contributed by atoms with Crippen LogP contribution in [0.3, 0.4) is 0 Å². The van der Waals surface area contributed by atoms with Crippen LogP contribution in [-0.4, -0.2) is 16.1 Å². The molecule has 0 saturated carbocycles. The SMILES string of the molecule is C=CC(c1ccc(C(=O)O)nc1)c1cc2c(cc1C)C(C)(C)CCC2(C)C. The van der Waals surface area contributed by atoms with Crippen molar-refractivity contribution in [1.82, 2.24) is 4.98 Å². The number of carboxylic acid groups (broad SMARTS) is 1. The zero-order valence-corrected chi connectivity index (χ0v) is 17.0. The van der Waals surface area contributed by atoms with E-state index >= 15 is 0 Å². The molecule has 1 unspecified atom stereocenters. The number of nitrogens with zero attached hydrogens (tertiary/aromatic N) is 1. The second-order valence-corrected chi connectivity index (χ2v) is 9.02. The summed E-state index contributed by atoms with van der Waals surface area (Å²) < 4.78 is 0. The molecule has 27 heavy (non-hydrogen) atoms. The van der Waals surface area contributed by atoms with E-state index in [0.29, 0.717) is 0 Å². The third kappa shape index (κ3) is 3.43. The third-order valence-corrected chi connectivity index (χ3v) is 6.17. The number of aryl methyl sites for hydroxylation is 1. The second kappa shape index (κ2) is 6.63. The van der Waals surface area contributed by atoms with Crippen LogP contribution in [-0.2, 0) is 10.8 Å². The van der Waals surface area contributed by atoms with E-state index in [9.17, 15) is 4.79 Å². The lowest BCUT2D eigenvalue weighted by molar-refractivity contribution is 0.0690. The number of rotatable bonds is 4. The zero-order chi connectivity index (χ0) is 20.0. The van der Waals surface area contributed by atoms with E-state index in [-0.39, 0.29) is 22.4 Å². The first kappa shape index (κ1) is 19.3. The predicted molar refractivity (Wildman–Crippen MR) is 110 cm³/mol. The van der Waals surface area contributed by atoms with Gasteiger partial charge in [-0.3, -0.25) is 0 Å². The monoisotopic (exact) mass is 363 g/mol. The van der Waals surface area contributed by atoms with E-state index in [0.717, 1.165) is 5.56 Å². The summed E-state index contributed by atoms with van der Waals surface area (Å²) in [7, 11) is 0. The van der Waals surface area contributed by atoms with Gasteiger partial charge in [0.2, 0.25) is 0 Å². The predicted octanol–water partition coefficient (Wildman–Crippen LogP) is 5.76. The molecular weight excluding hydrogens is 334 g/mol. The Morgan fingerprint density at radius 2 is 1.74 bits per heavy atom. The van der Waals surface area contributed by atoms with Crippen LogP contribution in [0.1, 0.15) is 84.8 Å². The molecule has 1 N–H and O–H groups in total. The molecule has 0 saturated heterocycles. The summed E-state index contributed by atoms with van der Waals surface area (Å²) in [5, 5.41) is 9.09. The molecular formula is C24H29NO2. The summed E-state index contributed by atoms with van der Waals surface area (Å²) in [6.07, 6.45) is 5.94. The van der Waals surface area contributed by atoms with Crippen molar-refractivity contribution in [3.8, 4) is 0 Å². The molecule has 2 aromatic rings. The molecule has 1 aliphatic carbocycles. The van der Waals surface area contributed by atoms with Crippen molar-refractivity contribution in [2.24, 2.45) is 0 Å². The highest BCUT2D eigenvalue weighted by molar-refractivity contribution is 5.85. The minimum absolute atomic E-state index is 0.00789. The Hall–Kier alpha value is -2.42. The average molecular weight is 364 g/mol. The Kier molecular flexibility index (Phi) is 4.75. The van der Waals surface area contributed by atoms with Gasteiger partial charge in [0, 0.05) is 12.1 Å². The van der Waals surface area contributed by atoms with Crippen molar-refractivity contribution in [1.29, 1.82) is 0 Å². The highest BCUT2D eigenvalue weighted by Gasteiger charge is 2.37. The first-order valence-electron chi connectivity index (χ1n) is 9.54. The van der Waals surface area contributed by atoms with Gasteiger partial charge in [-0.2, -0.15) is 0 Å². The van der Waals surface area contributed by atoms with Crippen LogP contribution in [0.25, 0.3) is 0 Å². The highest BCUT2D eigenvalue weighted by Crippen LogP contribution is 2.47. The number of benzene rings is 1. The molecule has 1 aliphatic rings. The molecule has 0 spiro atoms. The molecule has 0 radical (unpaired) electrons. The highest BCUT2D eigenvalue weighted by atomic mass is 16.4. The van der Waals surface area contributed by atoms with Crippen molar-refractivity contribution >= 4 is 5.97 Å². The number of aromatic nitrogens is 1. The van der Waals surface area contributed by atoms with Crippen LogP contribution in [0.4, 0.5) is 0 Å². The molecule has 0 aliphatic heterocycles. The van der Waals surface area contributed by atoms with E-state index in [1.54, 1.807) is 12.3 Å². The molecule has 142 valence electrons. The molecule has 1 aromatic carbocycles. The summed E-state index contributed by atoms with van der Waals surface area (Å²) in [6.45, 7) is 15.5. The quantitative estimate of drug-likeness (QED) is 0.703. The maximum atomic E-state index is 11.1. The molecule has 3 nitrogen and oxygen atoms in total. The Labute approximate surface area is 162 Å². The lowest BCUT2D eigenvalue weighted by Crippen LogP contribution is -2.34. The maximum absolute atomic E-state index is 11.1. The van der Waals surface area contributed by atoms with E-state index in [4.69, 9.17) is 5.11 Å². The Morgan fingerprint density at radius 3 is 2.22 bits per heavy atom. The molecule has 1 heterocycles. The first-order valence-corrected chi connectivity index (χ1v) is 9.54. The molecule has 0 fully saturated rings. The number of aromatic carboxylic acids is 1. The van der Waals surface area contributed by atoms with Gasteiger partial charge < -0.3 is 5.11 Å². The van der Waals surface area contributed by atoms with E-state index in [1.807, 2.05) is 12.1 Å². The minimum atomic E-state index is -1.01. The summed E-state index contributed by atoms with van der Waals surface area (Å²) in [5.41, 5.74) is 6.68.